The minimum Gasteiger partial charge on any atom is -0.493 e. The van der Waals surface area contributed by atoms with E-state index in [0.29, 0.717) is 0 Å². The van der Waals surface area contributed by atoms with E-state index < -0.39 is 0 Å². The number of rotatable bonds is 3. The van der Waals surface area contributed by atoms with Gasteiger partial charge in [0.05, 0.1) is 13.3 Å². The van der Waals surface area contributed by atoms with Gasteiger partial charge in [-0.25, -0.2) is 0 Å². The van der Waals surface area contributed by atoms with Crippen molar-refractivity contribution in [3.63, 3.8) is 0 Å². The van der Waals surface area contributed by atoms with Gasteiger partial charge >= 0.3 is 0 Å². The van der Waals surface area contributed by atoms with Crippen LogP contribution in [0.15, 0.2) is 12.3 Å². The van der Waals surface area contributed by atoms with Crippen molar-refractivity contribution < 1.29 is 9.47 Å². The van der Waals surface area contributed by atoms with Gasteiger partial charge in [0.1, 0.15) is 6.10 Å². The SMILES string of the molecule is COc1cc(C)ncc1OC1CCNCC1. The lowest BCUT2D eigenvalue weighted by atomic mass is 10.1. The third-order valence-electron chi connectivity index (χ3n) is 2.77. The van der Waals surface area contributed by atoms with Crippen molar-refractivity contribution in [3.8, 4) is 11.5 Å². The Morgan fingerprint density at radius 1 is 1.31 bits per heavy atom. The Hall–Kier alpha value is -1.29. The second kappa shape index (κ2) is 5.16. The number of hydrogen-bond acceptors (Lipinski definition) is 4. The first-order chi connectivity index (χ1) is 7.79. The maximum atomic E-state index is 5.90. The summed E-state index contributed by atoms with van der Waals surface area (Å²) in [6.07, 6.45) is 4.10. The Balaban J connectivity index is 2.07. The van der Waals surface area contributed by atoms with Gasteiger partial charge in [0.25, 0.3) is 0 Å². The predicted molar refractivity (Wildman–Crippen MR) is 62.0 cm³/mol. The molecule has 0 saturated carbocycles. The number of piperidine rings is 1. The maximum absolute atomic E-state index is 5.90. The number of pyridine rings is 1. The Labute approximate surface area is 96.0 Å². The number of nitrogens with one attached hydrogen (secondary N) is 1. The smallest absolute Gasteiger partial charge is 0.179 e. The van der Waals surface area contributed by atoms with Crippen LogP contribution in [0.5, 0.6) is 11.5 Å². The van der Waals surface area contributed by atoms with Crippen molar-refractivity contribution in [2.45, 2.75) is 25.9 Å². The monoisotopic (exact) mass is 222 g/mol. The maximum Gasteiger partial charge on any atom is 0.179 e. The fraction of sp³-hybridized carbons (Fsp3) is 0.583. The normalized spacial score (nSPS) is 17.1. The summed E-state index contributed by atoms with van der Waals surface area (Å²) in [5, 5.41) is 3.31. The van der Waals surface area contributed by atoms with Gasteiger partial charge < -0.3 is 14.8 Å². The van der Waals surface area contributed by atoms with E-state index in [1.165, 1.54) is 0 Å². The number of aromatic nitrogens is 1. The van der Waals surface area contributed by atoms with E-state index in [4.69, 9.17) is 9.47 Å². The molecule has 88 valence electrons. The lowest BCUT2D eigenvalue weighted by Crippen LogP contribution is -2.34. The average molecular weight is 222 g/mol. The summed E-state index contributed by atoms with van der Waals surface area (Å²) in [4.78, 5) is 4.23. The van der Waals surface area contributed by atoms with Gasteiger partial charge in [-0.1, -0.05) is 0 Å². The first-order valence-electron chi connectivity index (χ1n) is 5.67. The highest BCUT2D eigenvalue weighted by Gasteiger charge is 2.16. The molecule has 0 aromatic carbocycles. The van der Waals surface area contributed by atoms with E-state index in [9.17, 15) is 0 Å². The Morgan fingerprint density at radius 3 is 2.75 bits per heavy atom. The third-order valence-corrected chi connectivity index (χ3v) is 2.77. The Bertz CT molecular complexity index is 349. The summed E-state index contributed by atoms with van der Waals surface area (Å²) in [6, 6.07) is 1.90. The molecule has 1 aliphatic heterocycles. The standard InChI is InChI=1S/C12H18N2O2/c1-9-7-11(15-2)12(8-14-9)16-10-3-5-13-6-4-10/h7-8,10,13H,3-6H2,1-2H3. The molecule has 0 spiro atoms. The number of methoxy groups -OCH3 is 1. The van der Waals surface area contributed by atoms with Crippen LogP contribution < -0.4 is 14.8 Å². The van der Waals surface area contributed by atoms with E-state index in [-0.39, 0.29) is 6.10 Å². The fourth-order valence-corrected chi connectivity index (χ4v) is 1.86. The highest BCUT2D eigenvalue weighted by Crippen LogP contribution is 2.28. The van der Waals surface area contributed by atoms with Crippen molar-refractivity contribution >= 4 is 0 Å². The van der Waals surface area contributed by atoms with Gasteiger partial charge in [0.2, 0.25) is 0 Å². The molecule has 16 heavy (non-hydrogen) atoms. The molecule has 0 atom stereocenters. The topological polar surface area (TPSA) is 43.4 Å². The molecule has 0 unspecified atom stereocenters. The van der Waals surface area contributed by atoms with Crippen LogP contribution in [0, 0.1) is 6.92 Å². The lowest BCUT2D eigenvalue weighted by Gasteiger charge is -2.24. The number of nitrogens with zero attached hydrogens (tertiary/aromatic N) is 1. The van der Waals surface area contributed by atoms with Crippen LogP contribution in [0.25, 0.3) is 0 Å². The molecular formula is C12H18N2O2. The summed E-state index contributed by atoms with van der Waals surface area (Å²) >= 11 is 0. The molecule has 0 radical (unpaired) electrons. The van der Waals surface area contributed by atoms with E-state index in [1.807, 2.05) is 13.0 Å². The summed E-state index contributed by atoms with van der Waals surface area (Å²) < 4.78 is 11.2. The highest BCUT2D eigenvalue weighted by molar-refractivity contribution is 5.38. The van der Waals surface area contributed by atoms with Crippen LogP contribution in [0.1, 0.15) is 18.5 Å². The fourth-order valence-electron chi connectivity index (χ4n) is 1.86. The second-order valence-corrected chi connectivity index (χ2v) is 4.04. The minimum absolute atomic E-state index is 0.277. The van der Waals surface area contributed by atoms with Crippen LogP contribution in [0.4, 0.5) is 0 Å². The van der Waals surface area contributed by atoms with E-state index in [2.05, 4.69) is 10.3 Å². The quantitative estimate of drug-likeness (QED) is 0.842. The van der Waals surface area contributed by atoms with Crippen LogP contribution in [-0.2, 0) is 0 Å². The second-order valence-electron chi connectivity index (χ2n) is 4.04. The van der Waals surface area contributed by atoms with Crippen LogP contribution >= 0.6 is 0 Å². The average Bonchev–Trinajstić information content (AvgIpc) is 2.33. The first kappa shape index (κ1) is 11.2. The van der Waals surface area contributed by atoms with Crippen LogP contribution in [0.2, 0.25) is 0 Å². The summed E-state index contributed by atoms with van der Waals surface area (Å²) in [6.45, 7) is 3.98. The summed E-state index contributed by atoms with van der Waals surface area (Å²) in [7, 11) is 1.66. The number of hydrogen-bond donors (Lipinski definition) is 1. The van der Waals surface area contributed by atoms with Crippen molar-refractivity contribution in [1.82, 2.24) is 10.3 Å². The molecule has 0 bridgehead atoms. The molecule has 1 saturated heterocycles. The summed E-state index contributed by atoms with van der Waals surface area (Å²) in [5.74, 6) is 1.52. The molecule has 4 heteroatoms. The summed E-state index contributed by atoms with van der Waals surface area (Å²) in [5.41, 5.74) is 0.939. The zero-order valence-electron chi connectivity index (χ0n) is 9.82. The Morgan fingerprint density at radius 2 is 2.06 bits per heavy atom. The molecule has 2 rings (SSSR count). The van der Waals surface area contributed by atoms with Crippen molar-refractivity contribution in [1.29, 1.82) is 0 Å². The lowest BCUT2D eigenvalue weighted by molar-refractivity contribution is 0.156. The number of aryl methyl sites for hydroxylation is 1. The van der Waals surface area contributed by atoms with Gasteiger partial charge in [-0.3, -0.25) is 4.98 Å². The molecule has 4 nitrogen and oxygen atoms in total. The zero-order valence-corrected chi connectivity index (χ0v) is 9.82. The minimum atomic E-state index is 0.277. The molecule has 1 fully saturated rings. The van der Waals surface area contributed by atoms with E-state index in [0.717, 1.165) is 43.1 Å². The van der Waals surface area contributed by atoms with Gasteiger partial charge in [0, 0.05) is 11.8 Å². The van der Waals surface area contributed by atoms with E-state index in [1.54, 1.807) is 13.3 Å². The van der Waals surface area contributed by atoms with Gasteiger partial charge in [-0.2, -0.15) is 0 Å². The van der Waals surface area contributed by atoms with Crippen LogP contribution in [-0.4, -0.2) is 31.3 Å². The van der Waals surface area contributed by atoms with Crippen LogP contribution in [0.3, 0.4) is 0 Å². The zero-order chi connectivity index (χ0) is 11.4. The van der Waals surface area contributed by atoms with E-state index >= 15 is 0 Å². The van der Waals surface area contributed by atoms with Gasteiger partial charge in [-0.05, 0) is 32.9 Å². The molecule has 0 aliphatic carbocycles. The molecule has 0 amide bonds. The van der Waals surface area contributed by atoms with Crippen molar-refractivity contribution in [3.05, 3.63) is 18.0 Å². The molecular weight excluding hydrogens is 204 g/mol. The van der Waals surface area contributed by atoms with Gasteiger partial charge in [0.15, 0.2) is 11.5 Å². The molecule has 2 heterocycles. The largest absolute Gasteiger partial charge is 0.493 e. The third kappa shape index (κ3) is 2.64. The van der Waals surface area contributed by atoms with Crippen molar-refractivity contribution in [2.24, 2.45) is 0 Å². The Kier molecular flexibility index (Phi) is 3.62. The predicted octanol–water partition coefficient (Wildman–Crippen LogP) is 1.53. The first-order valence-corrected chi connectivity index (χ1v) is 5.67. The molecule has 1 N–H and O–H groups in total. The molecule has 1 aromatic rings. The van der Waals surface area contributed by atoms with Gasteiger partial charge in [-0.15, -0.1) is 0 Å². The molecule has 1 aromatic heterocycles. The van der Waals surface area contributed by atoms with Crippen molar-refractivity contribution in [2.75, 3.05) is 20.2 Å². The number of ether oxygens (including phenoxy) is 2. The molecule has 1 aliphatic rings. The highest BCUT2D eigenvalue weighted by atomic mass is 16.5.